The summed E-state index contributed by atoms with van der Waals surface area (Å²) in [6.45, 7) is 1.04. The van der Waals surface area contributed by atoms with Gasteiger partial charge >= 0.3 is 0 Å². The van der Waals surface area contributed by atoms with Crippen molar-refractivity contribution in [2.45, 2.75) is 24.4 Å². The molecule has 5 rings (SSSR count). The van der Waals surface area contributed by atoms with Crippen molar-refractivity contribution in [1.29, 1.82) is 0 Å². The molecular weight excluding hydrogens is 555 g/mol. The van der Waals surface area contributed by atoms with Crippen LogP contribution >= 0.6 is 35.0 Å². The van der Waals surface area contributed by atoms with E-state index in [0.29, 0.717) is 63.8 Å². The SMILES string of the molecule is COc1ccccc1-n1c(NCc2ccc(SC)cc2)nc2c(c1=O)CCN(C(=O)c1ccc(Cl)c(Cl)c1)C2. The van der Waals surface area contributed by atoms with Gasteiger partial charge in [-0.3, -0.25) is 9.59 Å². The van der Waals surface area contributed by atoms with Gasteiger partial charge in [-0.15, -0.1) is 11.8 Å². The van der Waals surface area contributed by atoms with Gasteiger partial charge in [-0.2, -0.15) is 0 Å². The minimum Gasteiger partial charge on any atom is -0.495 e. The lowest BCUT2D eigenvalue weighted by molar-refractivity contribution is 0.0731. The smallest absolute Gasteiger partial charge is 0.263 e. The van der Waals surface area contributed by atoms with Crippen LogP contribution in [0.4, 0.5) is 5.95 Å². The number of carbonyl (C=O) groups is 1. The highest BCUT2D eigenvalue weighted by Gasteiger charge is 2.28. The molecule has 0 aliphatic carbocycles. The number of hydrogen-bond donors (Lipinski definition) is 1. The number of nitrogens with zero attached hydrogens (tertiary/aromatic N) is 3. The largest absolute Gasteiger partial charge is 0.495 e. The Morgan fingerprint density at radius 3 is 2.56 bits per heavy atom. The van der Waals surface area contributed by atoms with Gasteiger partial charge in [0.15, 0.2) is 0 Å². The lowest BCUT2D eigenvalue weighted by Crippen LogP contribution is -2.40. The van der Waals surface area contributed by atoms with E-state index in [1.807, 2.05) is 42.7 Å². The Bertz CT molecular complexity index is 1590. The number of nitrogens with one attached hydrogen (secondary N) is 1. The summed E-state index contributed by atoms with van der Waals surface area (Å²) in [7, 11) is 1.57. The van der Waals surface area contributed by atoms with Crippen LogP contribution < -0.4 is 15.6 Å². The first-order valence-corrected chi connectivity index (χ1v) is 14.3. The number of halogens is 2. The Labute approximate surface area is 240 Å². The number of hydrogen-bond acceptors (Lipinski definition) is 6. The van der Waals surface area contributed by atoms with E-state index in [1.54, 1.807) is 46.5 Å². The maximum Gasteiger partial charge on any atom is 0.263 e. The second-order valence-electron chi connectivity index (χ2n) is 8.98. The van der Waals surface area contributed by atoms with Crippen molar-refractivity contribution in [2.75, 3.05) is 25.2 Å². The van der Waals surface area contributed by atoms with Crippen LogP contribution in [0.3, 0.4) is 0 Å². The Balaban J connectivity index is 1.52. The second-order valence-corrected chi connectivity index (χ2v) is 10.7. The van der Waals surface area contributed by atoms with Crippen LogP contribution in [-0.4, -0.2) is 40.3 Å². The summed E-state index contributed by atoms with van der Waals surface area (Å²) < 4.78 is 7.13. The predicted molar refractivity (Wildman–Crippen MR) is 157 cm³/mol. The van der Waals surface area contributed by atoms with Gasteiger partial charge in [-0.25, -0.2) is 9.55 Å². The zero-order valence-electron chi connectivity index (χ0n) is 21.4. The molecular formula is C29H26Cl2N4O3S. The highest BCUT2D eigenvalue weighted by Crippen LogP contribution is 2.28. The average molecular weight is 582 g/mol. The van der Waals surface area contributed by atoms with Gasteiger partial charge < -0.3 is 15.0 Å². The van der Waals surface area contributed by atoms with Crippen LogP contribution in [0.25, 0.3) is 5.69 Å². The summed E-state index contributed by atoms with van der Waals surface area (Å²) in [5.74, 6) is 0.736. The van der Waals surface area contributed by atoms with Crippen LogP contribution in [-0.2, 0) is 19.5 Å². The number of carbonyl (C=O) groups excluding carboxylic acids is 1. The van der Waals surface area contributed by atoms with E-state index < -0.39 is 0 Å². The van der Waals surface area contributed by atoms with E-state index >= 15 is 0 Å². The molecule has 4 aromatic rings. The molecule has 0 fully saturated rings. The molecule has 1 amide bonds. The maximum absolute atomic E-state index is 13.9. The van der Waals surface area contributed by atoms with Gasteiger partial charge in [-0.1, -0.05) is 47.5 Å². The molecule has 0 unspecified atom stereocenters. The Hall–Kier alpha value is -3.46. The summed E-state index contributed by atoms with van der Waals surface area (Å²) in [4.78, 5) is 34.9. The number of benzene rings is 3. The number of thioether (sulfide) groups is 1. The first kappa shape index (κ1) is 27.1. The highest BCUT2D eigenvalue weighted by atomic mass is 35.5. The van der Waals surface area contributed by atoms with Crippen molar-refractivity contribution in [2.24, 2.45) is 0 Å². The van der Waals surface area contributed by atoms with E-state index in [-0.39, 0.29) is 18.0 Å². The lowest BCUT2D eigenvalue weighted by atomic mass is 10.0. The second kappa shape index (κ2) is 11.7. The third kappa shape index (κ3) is 5.64. The molecule has 7 nitrogen and oxygen atoms in total. The standard InChI is InChI=1S/C29H26Cl2N4O3S/c1-38-26-6-4-3-5-25(26)35-28(37)21-13-14-34(27(36)19-9-12-22(30)23(31)15-19)17-24(21)33-29(35)32-16-18-7-10-20(39-2)11-8-18/h3-12,15H,13-14,16-17H2,1-2H3,(H,32,33). The van der Waals surface area contributed by atoms with Gasteiger partial charge in [0.2, 0.25) is 5.95 Å². The fourth-order valence-electron chi connectivity index (χ4n) is 4.55. The van der Waals surface area contributed by atoms with Crippen molar-refractivity contribution in [3.63, 3.8) is 0 Å². The van der Waals surface area contributed by atoms with Gasteiger partial charge in [-0.05, 0) is 60.7 Å². The summed E-state index contributed by atoms with van der Waals surface area (Å²) >= 11 is 13.8. The molecule has 1 N–H and O–H groups in total. The van der Waals surface area contributed by atoms with E-state index in [2.05, 4.69) is 17.4 Å². The summed E-state index contributed by atoms with van der Waals surface area (Å²) in [6.07, 6.45) is 2.41. The number of rotatable bonds is 7. The molecule has 1 aliphatic rings. The maximum atomic E-state index is 13.9. The molecule has 2 heterocycles. The first-order valence-electron chi connectivity index (χ1n) is 12.3. The van der Waals surface area contributed by atoms with Crippen LogP contribution in [0.5, 0.6) is 5.75 Å². The summed E-state index contributed by atoms with van der Waals surface area (Å²) in [6, 6.07) is 20.4. The van der Waals surface area contributed by atoms with Crippen molar-refractivity contribution < 1.29 is 9.53 Å². The van der Waals surface area contributed by atoms with E-state index in [0.717, 1.165) is 5.56 Å². The molecule has 3 aromatic carbocycles. The summed E-state index contributed by atoms with van der Waals surface area (Å²) in [5.41, 5.74) is 3.02. The quantitative estimate of drug-likeness (QED) is 0.267. The fraction of sp³-hybridized carbons (Fsp3) is 0.207. The molecule has 0 spiro atoms. The third-order valence-electron chi connectivity index (χ3n) is 6.62. The highest BCUT2D eigenvalue weighted by molar-refractivity contribution is 7.98. The number of amides is 1. The predicted octanol–water partition coefficient (Wildman–Crippen LogP) is 6.08. The Morgan fingerprint density at radius 1 is 1.08 bits per heavy atom. The molecule has 200 valence electrons. The Kier molecular flexibility index (Phi) is 8.16. The number of ether oxygens (including phenoxy) is 1. The van der Waals surface area contributed by atoms with Crippen LogP contribution in [0.1, 0.15) is 27.2 Å². The number of methoxy groups -OCH3 is 1. The molecule has 0 radical (unpaired) electrons. The van der Waals surface area contributed by atoms with Crippen molar-refractivity contribution >= 4 is 46.8 Å². The minimum absolute atomic E-state index is 0.189. The van der Waals surface area contributed by atoms with Gasteiger partial charge in [0, 0.05) is 29.1 Å². The van der Waals surface area contributed by atoms with Crippen LogP contribution in [0, 0.1) is 0 Å². The number of aromatic nitrogens is 2. The molecule has 0 atom stereocenters. The number of para-hydroxylation sites is 2. The molecule has 0 saturated heterocycles. The minimum atomic E-state index is -0.196. The molecule has 0 saturated carbocycles. The topological polar surface area (TPSA) is 76.5 Å². The van der Waals surface area contributed by atoms with Gasteiger partial charge in [0.1, 0.15) is 5.75 Å². The number of fused-ring (bicyclic) bond motifs is 1. The van der Waals surface area contributed by atoms with E-state index in [1.165, 1.54) is 4.90 Å². The van der Waals surface area contributed by atoms with Crippen molar-refractivity contribution in [3.05, 3.63) is 110 Å². The van der Waals surface area contributed by atoms with Gasteiger partial charge in [0.05, 0.1) is 35.1 Å². The fourth-order valence-corrected chi connectivity index (χ4v) is 5.26. The third-order valence-corrected chi connectivity index (χ3v) is 8.11. The first-order chi connectivity index (χ1) is 18.9. The summed E-state index contributed by atoms with van der Waals surface area (Å²) in [5, 5.41) is 4.05. The molecule has 1 aliphatic heterocycles. The van der Waals surface area contributed by atoms with E-state index in [4.69, 9.17) is 32.9 Å². The van der Waals surface area contributed by atoms with Crippen LogP contribution in [0.2, 0.25) is 10.0 Å². The normalized spacial score (nSPS) is 12.7. The zero-order chi connectivity index (χ0) is 27.5. The molecule has 1 aromatic heterocycles. The van der Waals surface area contributed by atoms with E-state index in [9.17, 15) is 9.59 Å². The van der Waals surface area contributed by atoms with Gasteiger partial charge in [0.25, 0.3) is 11.5 Å². The molecule has 10 heteroatoms. The average Bonchev–Trinajstić information content (AvgIpc) is 2.97. The van der Waals surface area contributed by atoms with Crippen LogP contribution in [0.15, 0.2) is 76.4 Å². The van der Waals surface area contributed by atoms with Crippen molar-refractivity contribution in [3.8, 4) is 11.4 Å². The van der Waals surface area contributed by atoms with Crippen molar-refractivity contribution in [1.82, 2.24) is 14.5 Å². The lowest BCUT2D eigenvalue weighted by Gasteiger charge is -2.29. The molecule has 39 heavy (non-hydrogen) atoms. The Morgan fingerprint density at radius 2 is 1.85 bits per heavy atom. The zero-order valence-corrected chi connectivity index (χ0v) is 23.7. The molecule has 0 bridgehead atoms. The number of anilines is 1. The monoisotopic (exact) mass is 580 g/mol.